The fourth-order valence-corrected chi connectivity index (χ4v) is 5.36. The van der Waals surface area contributed by atoms with E-state index in [1.165, 1.54) is 13.8 Å². The zero-order valence-electron chi connectivity index (χ0n) is 12.0. The lowest BCUT2D eigenvalue weighted by Gasteiger charge is -2.37. The summed E-state index contributed by atoms with van der Waals surface area (Å²) < 4.78 is 43.3. The molecule has 0 rings (SSSR count). The molecule has 13 heteroatoms. The molecule has 0 bridgehead atoms. The van der Waals surface area contributed by atoms with Crippen LogP contribution in [0.5, 0.6) is 0 Å². The van der Waals surface area contributed by atoms with E-state index >= 15 is 0 Å². The van der Waals surface area contributed by atoms with Crippen molar-refractivity contribution in [1.82, 2.24) is 0 Å². The van der Waals surface area contributed by atoms with E-state index < -0.39 is 33.7 Å². The highest BCUT2D eigenvalue weighted by Gasteiger charge is 2.55. The Hall–Kier alpha value is 0.410. The van der Waals surface area contributed by atoms with Gasteiger partial charge in [0.25, 0.3) is 0 Å². The minimum atomic E-state index is -5.34. The van der Waals surface area contributed by atoms with Gasteiger partial charge in [-0.05, 0) is 26.7 Å². The highest BCUT2D eigenvalue weighted by atomic mass is 31.3. The molecule has 0 aromatic heterocycles. The minimum Gasteiger partial charge on any atom is -0.378 e. The monoisotopic (exact) mass is 370 g/mol. The number of hydrogen-bond acceptors (Lipinski definition) is 6. The maximum absolute atomic E-state index is 12.1. The van der Waals surface area contributed by atoms with Crippen molar-refractivity contribution in [2.45, 2.75) is 51.2 Å². The second-order valence-electron chi connectivity index (χ2n) is 4.80. The van der Waals surface area contributed by atoms with E-state index in [1.807, 2.05) is 0 Å². The molecule has 21 heavy (non-hydrogen) atoms. The van der Waals surface area contributed by atoms with Gasteiger partial charge >= 0.3 is 23.0 Å². The third kappa shape index (κ3) is 5.22. The largest absolute Gasteiger partial charge is 0.476 e. The first kappa shape index (κ1) is 21.4. The van der Waals surface area contributed by atoms with Gasteiger partial charge in [-0.2, -0.15) is 0 Å². The SMILES string of the molecule is CCC(C)(O)P(=O)(O)OC(C)(CC)P(=O)(O)OP(=O)(O)O. The summed E-state index contributed by atoms with van der Waals surface area (Å²) in [7, 11) is -15.3. The summed E-state index contributed by atoms with van der Waals surface area (Å²) in [6, 6.07) is 0. The van der Waals surface area contributed by atoms with Crippen LogP contribution in [0.4, 0.5) is 0 Å². The smallest absolute Gasteiger partial charge is 0.378 e. The molecule has 5 N–H and O–H groups in total. The first-order chi connectivity index (χ1) is 9.04. The second-order valence-corrected chi connectivity index (χ2v) is 10.6. The number of rotatable bonds is 8. The molecule has 0 aliphatic rings. The predicted molar refractivity (Wildman–Crippen MR) is 73.5 cm³/mol. The van der Waals surface area contributed by atoms with E-state index in [9.17, 15) is 28.6 Å². The average molecular weight is 370 g/mol. The van der Waals surface area contributed by atoms with Gasteiger partial charge in [-0.25, -0.2) is 8.88 Å². The minimum absolute atomic E-state index is 0.199. The summed E-state index contributed by atoms with van der Waals surface area (Å²) in [4.78, 5) is 36.7. The van der Waals surface area contributed by atoms with Crippen LogP contribution in [0.2, 0.25) is 0 Å². The maximum atomic E-state index is 12.1. The van der Waals surface area contributed by atoms with Crippen molar-refractivity contribution in [3.05, 3.63) is 0 Å². The molecule has 0 aliphatic carbocycles. The maximum Gasteiger partial charge on any atom is 0.476 e. The molecule has 0 spiro atoms. The summed E-state index contributed by atoms with van der Waals surface area (Å²) >= 11 is 0. The van der Waals surface area contributed by atoms with E-state index in [0.717, 1.165) is 13.8 Å². The first-order valence-electron chi connectivity index (χ1n) is 5.89. The lowest BCUT2D eigenvalue weighted by atomic mass is 10.3. The molecule has 128 valence electrons. The molecule has 4 atom stereocenters. The molecule has 0 saturated carbocycles. The van der Waals surface area contributed by atoms with Crippen LogP contribution in [0, 0.1) is 0 Å². The average Bonchev–Trinajstić information content (AvgIpc) is 2.24. The normalized spacial score (nSPS) is 24.4. The van der Waals surface area contributed by atoms with E-state index in [2.05, 4.69) is 4.31 Å². The van der Waals surface area contributed by atoms with E-state index in [-0.39, 0.29) is 12.8 Å². The van der Waals surface area contributed by atoms with Crippen LogP contribution in [-0.2, 0) is 22.5 Å². The highest BCUT2D eigenvalue weighted by molar-refractivity contribution is 7.65. The van der Waals surface area contributed by atoms with Gasteiger partial charge in [-0.15, -0.1) is 0 Å². The molecule has 0 radical (unpaired) electrons. The van der Waals surface area contributed by atoms with Crippen molar-refractivity contribution in [2.24, 2.45) is 0 Å². The molecule has 0 aromatic carbocycles. The predicted octanol–water partition coefficient (Wildman–Crippen LogP) is 1.73. The van der Waals surface area contributed by atoms with Crippen molar-refractivity contribution in [2.75, 3.05) is 0 Å². The van der Waals surface area contributed by atoms with E-state index in [1.54, 1.807) is 0 Å². The highest BCUT2D eigenvalue weighted by Crippen LogP contribution is 2.71. The van der Waals surface area contributed by atoms with Crippen LogP contribution in [0.3, 0.4) is 0 Å². The van der Waals surface area contributed by atoms with Gasteiger partial charge in [0.05, 0.1) is 0 Å². The molecule has 0 aliphatic heterocycles. The second kappa shape index (κ2) is 6.49. The van der Waals surface area contributed by atoms with Crippen LogP contribution in [-0.4, -0.2) is 35.4 Å². The van der Waals surface area contributed by atoms with Gasteiger partial charge in [0, 0.05) is 0 Å². The molecule has 0 heterocycles. The van der Waals surface area contributed by atoms with Gasteiger partial charge in [-0.1, -0.05) is 13.8 Å². The lowest BCUT2D eigenvalue weighted by Crippen LogP contribution is -2.33. The van der Waals surface area contributed by atoms with Crippen molar-refractivity contribution < 1.29 is 47.2 Å². The van der Waals surface area contributed by atoms with Crippen molar-refractivity contribution in [3.8, 4) is 0 Å². The first-order valence-corrected chi connectivity index (χ1v) is 10.6. The molecule has 4 unspecified atom stereocenters. The number of aliphatic hydroxyl groups is 1. The molecule has 10 nitrogen and oxygen atoms in total. The van der Waals surface area contributed by atoms with Crippen LogP contribution < -0.4 is 0 Å². The van der Waals surface area contributed by atoms with E-state index in [4.69, 9.17) is 14.3 Å². The molecule has 0 aromatic rings. The Bertz CT molecular complexity index is 510. The van der Waals surface area contributed by atoms with Crippen LogP contribution in [0.1, 0.15) is 40.5 Å². The Balaban J connectivity index is 5.65. The lowest BCUT2D eigenvalue weighted by molar-refractivity contribution is 0.0517. The van der Waals surface area contributed by atoms with Gasteiger partial charge in [0.1, 0.15) is 0 Å². The Morgan fingerprint density at radius 1 is 0.905 bits per heavy atom. The summed E-state index contributed by atoms with van der Waals surface area (Å²) in [6.07, 6.45) is -0.583. The van der Waals surface area contributed by atoms with Gasteiger partial charge < -0.3 is 24.7 Å². The standard InChI is InChI=1S/C8H21O10P3/c1-5-7(3,9)19(10,11)17-8(4,6-2)20(12,13)18-21(14,15)16/h9H,5-6H2,1-4H3,(H,10,11)(H,12,13)(H2,14,15,16). The molecule has 0 saturated heterocycles. The summed E-state index contributed by atoms with van der Waals surface area (Å²) in [5.74, 6) is 0. The summed E-state index contributed by atoms with van der Waals surface area (Å²) in [5.41, 5.74) is 0. The van der Waals surface area contributed by atoms with Crippen LogP contribution in [0.15, 0.2) is 0 Å². The Morgan fingerprint density at radius 2 is 1.33 bits per heavy atom. The van der Waals surface area contributed by atoms with Crippen LogP contribution >= 0.6 is 23.0 Å². The van der Waals surface area contributed by atoms with Crippen molar-refractivity contribution in [1.29, 1.82) is 0 Å². The topological polar surface area (TPSA) is 171 Å². The third-order valence-corrected chi connectivity index (χ3v) is 8.74. The van der Waals surface area contributed by atoms with Gasteiger partial charge in [0.2, 0.25) is 0 Å². The van der Waals surface area contributed by atoms with Crippen molar-refractivity contribution >= 4 is 23.0 Å². The molecular weight excluding hydrogens is 349 g/mol. The Morgan fingerprint density at radius 3 is 1.62 bits per heavy atom. The van der Waals surface area contributed by atoms with Crippen LogP contribution in [0.25, 0.3) is 0 Å². The third-order valence-electron chi connectivity index (χ3n) is 3.07. The molecule has 0 amide bonds. The van der Waals surface area contributed by atoms with Gasteiger partial charge in [0.15, 0.2) is 10.7 Å². The molecular formula is C8H21O10P3. The Labute approximate surface area is 122 Å². The summed E-state index contributed by atoms with van der Waals surface area (Å²) in [6.45, 7) is 4.56. The number of hydrogen-bond donors (Lipinski definition) is 5. The quantitative estimate of drug-likeness (QED) is 0.396. The molecule has 0 fully saturated rings. The fourth-order valence-electron chi connectivity index (χ4n) is 1.11. The van der Waals surface area contributed by atoms with Crippen molar-refractivity contribution in [3.63, 3.8) is 0 Å². The fraction of sp³-hybridized carbons (Fsp3) is 1.00. The zero-order chi connectivity index (χ0) is 17.3. The van der Waals surface area contributed by atoms with Gasteiger partial charge in [-0.3, -0.25) is 13.7 Å². The Kier molecular flexibility index (Phi) is 6.62. The zero-order valence-corrected chi connectivity index (χ0v) is 14.7. The number of phosphoric acid groups is 1. The van der Waals surface area contributed by atoms with E-state index in [0.29, 0.717) is 0 Å². The summed E-state index contributed by atoms with van der Waals surface area (Å²) in [5, 5.41) is 5.21.